The largest absolute Gasteiger partial charge is 0.444 e. The van der Waals surface area contributed by atoms with Crippen LogP contribution in [0.5, 0.6) is 0 Å². The van der Waals surface area contributed by atoms with Gasteiger partial charge in [-0.3, -0.25) is 0 Å². The maximum atomic E-state index is 11.5. The molecule has 21 heavy (non-hydrogen) atoms. The van der Waals surface area contributed by atoms with Crippen LogP contribution in [0.15, 0.2) is 48.6 Å². The summed E-state index contributed by atoms with van der Waals surface area (Å²) >= 11 is 0. The minimum absolute atomic E-state index is 0.0735. The lowest BCUT2D eigenvalue weighted by Crippen LogP contribution is -2.37. The third kappa shape index (κ3) is 4.22. The molecule has 0 saturated carbocycles. The van der Waals surface area contributed by atoms with E-state index < -0.39 is 0 Å². The van der Waals surface area contributed by atoms with Gasteiger partial charge in [-0.15, -0.1) is 0 Å². The molecule has 1 aliphatic heterocycles. The van der Waals surface area contributed by atoms with Crippen LogP contribution in [0.3, 0.4) is 0 Å². The summed E-state index contributed by atoms with van der Waals surface area (Å²) in [6.07, 6.45) is 5.26. The SMILES string of the molecule is C=C(/C=C/c1ccccc1)C[C@@H]1OC(=O)N[C@H]1C(C)CC. The van der Waals surface area contributed by atoms with Gasteiger partial charge in [0, 0.05) is 6.42 Å². The molecule has 0 spiro atoms. The number of amides is 1. The molecule has 2 rings (SSSR count). The van der Waals surface area contributed by atoms with E-state index in [2.05, 4.69) is 25.7 Å². The Balaban J connectivity index is 1.95. The highest BCUT2D eigenvalue weighted by molar-refractivity contribution is 5.70. The first-order chi connectivity index (χ1) is 10.1. The van der Waals surface area contributed by atoms with Crippen molar-refractivity contribution in [3.8, 4) is 0 Å². The molecule has 3 atom stereocenters. The minimum atomic E-state index is -0.315. The zero-order valence-corrected chi connectivity index (χ0v) is 12.7. The van der Waals surface area contributed by atoms with Crippen molar-refractivity contribution in [1.29, 1.82) is 0 Å². The zero-order valence-electron chi connectivity index (χ0n) is 12.7. The summed E-state index contributed by atoms with van der Waals surface area (Å²) < 4.78 is 5.37. The number of carbonyl (C=O) groups excluding carboxylic acids is 1. The highest BCUT2D eigenvalue weighted by atomic mass is 16.6. The standard InChI is InChI=1S/C18H23NO2/c1-4-14(3)17-16(21-18(20)19-17)12-13(2)10-11-15-8-6-5-7-9-15/h5-11,14,16-17H,2,4,12H2,1,3H3,(H,19,20)/b11-10+/t14?,16-,17-/m0/s1. The van der Waals surface area contributed by atoms with Gasteiger partial charge >= 0.3 is 6.09 Å². The van der Waals surface area contributed by atoms with E-state index >= 15 is 0 Å². The number of hydrogen-bond acceptors (Lipinski definition) is 2. The van der Waals surface area contributed by atoms with Crippen molar-refractivity contribution < 1.29 is 9.53 Å². The third-order valence-corrected chi connectivity index (χ3v) is 3.97. The maximum absolute atomic E-state index is 11.5. The van der Waals surface area contributed by atoms with Crippen LogP contribution in [0.1, 0.15) is 32.3 Å². The molecule has 0 bridgehead atoms. The first kappa shape index (κ1) is 15.4. The van der Waals surface area contributed by atoms with Gasteiger partial charge in [0.25, 0.3) is 0 Å². The van der Waals surface area contributed by atoms with Gasteiger partial charge in [0.15, 0.2) is 0 Å². The first-order valence-electron chi connectivity index (χ1n) is 7.48. The average molecular weight is 285 g/mol. The van der Waals surface area contributed by atoms with Gasteiger partial charge in [0.1, 0.15) is 6.10 Å². The van der Waals surface area contributed by atoms with Crippen molar-refractivity contribution >= 4 is 12.2 Å². The van der Waals surface area contributed by atoms with Gasteiger partial charge in [0.05, 0.1) is 6.04 Å². The van der Waals surface area contributed by atoms with Crippen molar-refractivity contribution in [2.24, 2.45) is 5.92 Å². The molecule has 1 unspecified atom stereocenters. The molecule has 3 nitrogen and oxygen atoms in total. The van der Waals surface area contributed by atoms with E-state index in [1.54, 1.807) is 0 Å². The van der Waals surface area contributed by atoms with Crippen molar-refractivity contribution in [2.45, 2.75) is 38.8 Å². The van der Waals surface area contributed by atoms with Crippen molar-refractivity contribution in [3.05, 3.63) is 54.1 Å². The highest BCUT2D eigenvalue weighted by Gasteiger charge is 2.36. The second kappa shape index (κ2) is 7.11. The molecule has 1 aliphatic rings. The Kier molecular flexibility index (Phi) is 5.20. The number of hydrogen-bond donors (Lipinski definition) is 1. The summed E-state index contributed by atoms with van der Waals surface area (Å²) in [6.45, 7) is 8.33. The molecule has 1 heterocycles. The fourth-order valence-electron chi connectivity index (χ4n) is 2.51. The van der Waals surface area contributed by atoms with Crippen LogP contribution in [0.25, 0.3) is 6.08 Å². The number of nitrogens with one attached hydrogen (secondary N) is 1. The van der Waals surface area contributed by atoms with Gasteiger partial charge in [-0.25, -0.2) is 4.79 Å². The van der Waals surface area contributed by atoms with Crippen LogP contribution in [0.4, 0.5) is 4.79 Å². The summed E-state index contributed by atoms with van der Waals surface area (Å²) in [7, 11) is 0. The summed E-state index contributed by atoms with van der Waals surface area (Å²) in [5, 5.41) is 2.91. The number of alkyl carbamates (subject to hydrolysis) is 1. The first-order valence-corrected chi connectivity index (χ1v) is 7.48. The number of ether oxygens (including phenoxy) is 1. The van der Waals surface area contributed by atoms with Crippen LogP contribution < -0.4 is 5.32 Å². The van der Waals surface area contributed by atoms with Crippen LogP contribution in [-0.4, -0.2) is 18.2 Å². The molecule has 0 aliphatic carbocycles. The fourth-order valence-corrected chi connectivity index (χ4v) is 2.51. The molecule has 1 amide bonds. The number of allylic oxidation sites excluding steroid dienone is 1. The van der Waals surface area contributed by atoms with E-state index in [1.807, 2.05) is 42.5 Å². The van der Waals surface area contributed by atoms with E-state index in [0.717, 1.165) is 17.6 Å². The Morgan fingerprint density at radius 2 is 2.14 bits per heavy atom. The van der Waals surface area contributed by atoms with Gasteiger partial charge in [-0.05, 0) is 11.5 Å². The van der Waals surface area contributed by atoms with Gasteiger partial charge in [-0.2, -0.15) is 0 Å². The Labute approximate surface area is 126 Å². The van der Waals surface area contributed by atoms with Crippen LogP contribution >= 0.6 is 0 Å². The summed E-state index contributed by atoms with van der Waals surface area (Å²) in [6, 6.07) is 10.2. The lowest BCUT2D eigenvalue weighted by atomic mass is 9.91. The molecule has 0 aromatic heterocycles. The summed E-state index contributed by atoms with van der Waals surface area (Å²) in [5.41, 5.74) is 2.10. The lowest BCUT2D eigenvalue weighted by Gasteiger charge is -2.22. The third-order valence-electron chi connectivity index (χ3n) is 3.97. The number of cyclic esters (lactones) is 1. The van der Waals surface area contributed by atoms with Crippen molar-refractivity contribution in [3.63, 3.8) is 0 Å². The van der Waals surface area contributed by atoms with E-state index in [1.165, 1.54) is 0 Å². The van der Waals surface area contributed by atoms with Gasteiger partial charge < -0.3 is 10.1 Å². The summed E-state index contributed by atoms with van der Waals surface area (Å²) in [4.78, 5) is 11.5. The van der Waals surface area contributed by atoms with Crippen LogP contribution in [0, 0.1) is 5.92 Å². The topological polar surface area (TPSA) is 38.3 Å². The number of benzene rings is 1. The Morgan fingerprint density at radius 1 is 1.43 bits per heavy atom. The van der Waals surface area contributed by atoms with Crippen LogP contribution in [0.2, 0.25) is 0 Å². The Hall–Kier alpha value is -2.03. The van der Waals surface area contributed by atoms with Crippen molar-refractivity contribution in [2.75, 3.05) is 0 Å². The lowest BCUT2D eigenvalue weighted by molar-refractivity contribution is 0.124. The second-order valence-corrected chi connectivity index (χ2v) is 5.61. The van der Waals surface area contributed by atoms with E-state index in [-0.39, 0.29) is 18.2 Å². The Bertz CT molecular complexity index is 521. The molecule has 112 valence electrons. The van der Waals surface area contributed by atoms with Crippen LogP contribution in [-0.2, 0) is 4.74 Å². The smallest absolute Gasteiger partial charge is 0.407 e. The second-order valence-electron chi connectivity index (χ2n) is 5.61. The van der Waals surface area contributed by atoms with Crippen molar-refractivity contribution in [1.82, 2.24) is 5.32 Å². The Morgan fingerprint density at radius 3 is 2.81 bits per heavy atom. The molecule has 3 heteroatoms. The zero-order chi connectivity index (χ0) is 15.2. The van der Waals surface area contributed by atoms with E-state index in [4.69, 9.17) is 4.74 Å². The highest BCUT2D eigenvalue weighted by Crippen LogP contribution is 2.24. The van der Waals surface area contributed by atoms with E-state index in [9.17, 15) is 4.79 Å². The number of carbonyl (C=O) groups is 1. The average Bonchev–Trinajstić information content (AvgIpc) is 2.86. The minimum Gasteiger partial charge on any atom is -0.444 e. The molecular weight excluding hydrogens is 262 g/mol. The number of rotatable bonds is 6. The molecule has 0 radical (unpaired) electrons. The predicted octanol–water partition coefficient (Wildman–Crippen LogP) is 4.17. The molecule has 1 aromatic carbocycles. The molecule has 1 saturated heterocycles. The fraction of sp³-hybridized carbons (Fsp3) is 0.389. The quantitative estimate of drug-likeness (QED) is 0.797. The molecule has 1 fully saturated rings. The molecule has 1 N–H and O–H groups in total. The monoisotopic (exact) mass is 285 g/mol. The van der Waals surface area contributed by atoms with Gasteiger partial charge in [0.2, 0.25) is 0 Å². The van der Waals surface area contributed by atoms with Gasteiger partial charge in [-0.1, -0.05) is 74.9 Å². The molecular formula is C18H23NO2. The maximum Gasteiger partial charge on any atom is 0.407 e. The molecule has 1 aromatic rings. The normalized spacial score (nSPS) is 22.9. The van der Waals surface area contributed by atoms with E-state index in [0.29, 0.717) is 12.3 Å². The summed E-state index contributed by atoms with van der Waals surface area (Å²) in [5.74, 6) is 0.396. The predicted molar refractivity (Wildman–Crippen MR) is 85.9 cm³/mol.